The molecule has 1 aliphatic rings. The van der Waals surface area contributed by atoms with Crippen molar-refractivity contribution in [2.45, 2.75) is 13.3 Å². The Hall–Kier alpha value is -3.53. The first-order valence-electron chi connectivity index (χ1n) is 11.5. The third-order valence-electron chi connectivity index (χ3n) is 6.08. The van der Waals surface area contributed by atoms with Crippen molar-refractivity contribution in [3.8, 4) is 17.2 Å². The summed E-state index contributed by atoms with van der Waals surface area (Å²) in [6.45, 7) is 4.62. The second kappa shape index (κ2) is 10.8. The van der Waals surface area contributed by atoms with E-state index in [0.29, 0.717) is 49.0 Å². The first kappa shape index (κ1) is 24.6. The molecule has 1 N–H and O–H groups in total. The molecule has 1 saturated heterocycles. The Balaban J connectivity index is 1.33. The molecule has 2 amide bonds. The molecule has 1 aromatic heterocycles. The predicted molar refractivity (Wildman–Crippen MR) is 136 cm³/mol. The number of methoxy groups -OCH3 is 3. The SMILES string of the molecule is CCc1ccc2nc(N3CCN(C(=O)CNC(=O)c4cc(OC)c(OC)c(OC)c4)CC3)sc2c1. The molecule has 35 heavy (non-hydrogen) atoms. The highest BCUT2D eigenvalue weighted by atomic mass is 32.1. The second-order valence-corrected chi connectivity index (χ2v) is 9.13. The number of thiazole rings is 1. The van der Waals surface area contributed by atoms with Crippen molar-refractivity contribution in [3.63, 3.8) is 0 Å². The van der Waals surface area contributed by atoms with E-state index in [2.05, 4.69) is 35.3 Å². The minimum Gasteiger partial charge on any atom is -0.493 e. The van der Waals surface area contributed by atoms with Gasteiger partial charge in [-0.2, -0.15) is 0 Å². The highest BCUT2D eigenvalue weighted by Crippen LogP contribution is 2.38. The third-order valence-corrected chi connectivity index (χ3v) is 7.16. The van der Waals surface area contributed by atoms with Gasteiger partial charge in [0.2, 0.25) is 11.7 Å². The van der Waals surface area contributed by atoms with Gasteiger partial charge in [-0.05, 0) is 36.2 Å². The number of benzene rings is 2. The molecule has 10 heteroatoms. The lowest BCUT2D eigenvalue weighted by Crippen LogP contribution is -2.51. The summed E-state index contributed by atoms with van der Waals surface area (Å²) >= 11 is 1.69. The number of piperazine rings is 1. The number of fused-ring (bicyclic) bond motifs is 1. The molecule has 0 aliphatic carbocycles. The van der Waals surface area contributed by atoms with E-state index in [-0.39, 0.29) is 12.5 Å². The van der Waals surface area contributed by atoms with E-state index in [9.17, 15) is 9.59 Å². The van der Waals surface area contributed by atoms with Gasteiger partial charge in [0.1, 0.15) is 0 Å². The Morgan fingerprint density at radius 3 is 2.29 bits per heavy atom. The monoisotopic (exact) mass is 498 g/mol. The summed E-state index contributed by atoms with van der Waals surface area (Å²) in [6, 6.07) is 9.51. The van der Waals surface area contributed by atoms with Crippen LogP contribution in [0.1, 0.15) is 22.8 Å². The first-order chi connectivity index (χ1) is 17.0. The van der Waals surface area contributed by atoms with Crippen LogP contribution in [-0.2, 0) is 11.2 Å². The molecule has 3 aromatic rings. The number of carbonyl (C=O) groups is 2. The van der Waals surface area contributed by atoms with E-state index >= 15 is 0 Å². The van der Waals surface area contributed by atoms with Gasteiger partial charge in [0.15, 0.2) is 16.6 Å². The molecule has 1 fully saturated rings. The maximum atomic E-state index is 12.7. The summed E-state index contributed by atoms with van der Waals surface area (Å²) in [4.78, 5) is 34.2. The lowest BCUT2D eigenvalue weighted by atomic mass is 10.1. The van der Waals surface area contributed by atoms with Gasteiger partial charge in [0.25, 0.3) is 5.91 Å². The average molecular weight is 499 g/mol. The number of hydrogen-bond donors (Lipinski definition) is 1. The van der Waals surface area contributed by atoms with Crippen LogP contribution in [0, 0.1) is 0 Å². The summed E-state index contributed by atoms with van der Waals surface area (Å²) in [5.41, 5.74) is 2.63. The van der Waals surface area contributed by atoms with Crippen molar-refractivity contribution >= 4 is 38.5 Å². The number of aromatic nitrogens is 1. The molecule has 0 saturated carbocycles. The zero-order valence-corrected chi connectivity index (χ0v) is 21.2. The Bertz CT molecular complexity index is 1190. The van der Waals surface area contributed by atoms with Gasteiger partial charge < -0.3 is 29.3 Å². The molecule has 2 aromatic carbocycles. The summed E-state index contributed by atoms with van der Waals surface area (Å²) in [7, 11) is 4.47. The van der Waals surface area contributed by atoms with Crippen LogP contribution in [0.5, 0.6) is 17.2 Å². The van der Waals surface area contributed by atoms with Crippen molar-refractivity contribution < 1.29 is 23.8 Å². The van der Waals surface area contributed by atoms with Crippen LogP contribution < -0.4 is 24.4 Å². The second-order valence-electron chi connectivity index (χ2n) is 8.12. The molecule has 186 valence electrons. The third kappa shape index (κ3) is 5.27. The Morgan fingerprint density at radius 1 is 1.00 bits per heavy atom. The molecule has 2 heterocycles. The zero-order valence-electron chi connectivity index (χ0n) is 20.4. The predicted octanol–water partition coefficient (Wildman–Crippen LogP) is 2.96. The first-order valence-corrected chi connectivity index (χ1v) is 12.3. The van der Waals surface area contributed by atoms with E-state index in [1.165, 1.54) is 31.6 Å². The van der Waals surface area contributed by atoms with Crippen molar-refractivity contribution in [3.05, 3.63) is 41.5 Å². The normalized spacial score (nSPS) is 13.6. The summed E-state index contributed by atoms with van der Waals surface area (Å²) in [5.74, 6) is 0.638. The molecule has 0 bridgehead atoms. The largest absolute Gasteiger partial charge is 0.493 e. The molecule has 0 spiro atoms. The maximum absolute atomic E-state index is 12.7. The van der Waals surface area contributed by atoms with Gasteiger partial charge in [-0.15, -0.1) is 0 Å². The molecule has 1 aliphatic heterocycles. The molecular weight excluding hydrogens is 468 g/mol. The minimum absolute atomic E-state index is 0.0869. The fraction of sp³-hybridized carbons (Fsp3) is 0.400. The smallest absolute Gasteiger partial charge is 0.251 e. The van der Waals surface area contributed by atoms with E-state index < -0.39 is 5.91 Å². The van der Waals surface area contributed by atoms with E-state index in [0.717, 1.165) is 17.1 Å². The standard InChI is InChI=1S/C25H30N4O5S/c1-5-16-6-7-18-21(12-16)35-25(27-18)29-10-8-28(9-11-29)22(30)15-26-24(31)17-13-19(32-2)23(34-4)20(14-17)33-3/h6-7,12-14H,5,8-11,15H2,1-4H3,(H,26,31). The minimum atomic E-state index is -0.392. The van der Waals surface area contributed by atoms with Crippen LogP contribution in [-0.4, -0.2) is 75.8 Å². The number of ether oxygens (including phenoxy) is 3. The van der Waals surface area contributed by atoms with Gasteiger partial charge in [0, 0.05) is 31.7 Å². The zero-order chi connectivity index (χ0) is 24.9. The Kier molecular flexibility index (Phi) is 7.60. The molecule has 4 rings (SSSR count). The fourth-order valence-corrected chi connectivity index (χ4v) is 5.12. The number of carbonyl (C=O) groups excluding carboxylic acids is 2. The van der Waals surface area contributed by atoms with Crippen molar-refractivity contribution in [2.75, 3.05) is 59.0 Å². The van der Waals surface area contributed by atoms with Crippen LogP contribution in [0.3, 0.4) is 0 Å². The molecular formula is C25H30N4O5S. The summed E-state index contributed by atoms with van der Waals surface area (Å²) in [6.07, 6.45) is 1.00. The van der Waals surface area contributed by atoms with Crippen molar-refractivity contribution in [1.29, 1.82) is 0 Å². The van der Waals surface area contributed by atoms with Crippen LogP contribution in [0.4, 0.5) is 5.13 Å². The highest BCUT2D eigenvalue weighted by Gasteiger charge is 2.24. The number of hydrogen-bond acceptors (Lipinski definition) is 8. The van der Waals surface area contributed by atoms with Crippen LogP contribution in [0.15, 0.2) is 30.3 Å². The lowest BCUT2D eigenvalue weighted by Gasteiger charge is -2.34. The molecule has 9 nitrogen and oxygen atoms in total. The van der Waals surface area contributed by atoms with Gasteiger partial charge in [-0.25, -0.2) is 4.98 Å². The van der Waals surface area contributed by atoms with Gasteiger partial charge in [-0.3, -0.25) is 9.59 Å². The number of nitrogens with zero attached hydrogens (tertiary/aromatic N) is 3. The van der Waals surface area contributed by atoms with Crippen LogP contribution in [0.2, 0.25) is 0 Å². The summed E-state index contributed by atoms with van der Waals surface area (Å²) in [5, 5.41) is 3.68. The fourth-order valence-electron chi connectivity index (χ4n) is 4.04. The number of nitrogens with one attached hydrogen (secondary N) is 1. The van der Waals surface area contributed by atoms with Crippen molar-refractivity contribution in [1.82, 2.24) is 15.2 Å². The van der Waals surface area contributed by atoms with Crippen LogP contribution in [0.25, 0.3) is 10.2 Å². The molecule has 0 unspecified atom stereocenters. The Labute approximate surface area is 208 Å². The highest BCUT2D eigenvalue weighted by molar-refractivity contribution is 7.22. The molecule has 0 radical (unpaired) electrons. The van der Waals surface area contributed by atoms with E-state index in [1.807, 2.05) is 0 Å². The Morgan fingerprint density at radius 2 is 1.69 bits per heavy atom. The quantitative estimate of drug-likeness (QED) is 0.510. The van der Waals surface area contributed by atoms with Gasteiger partial charge in [-0.1, -0.05) is 24.3 Å². The topological polar surface area (TPSA) is 93.2 Å². The van der Waals surface area contributed by atoms with Gasteiger partial charge in [0.05, 0.1) is 38.1 Å². The number of anilines is 1. The van der Waals surface area contributed by atoms with Gasteiger partial charge >= 0.3 is 0 Å². The lowest BCUT2D eigenvalue weighted by molar-refractivity contribution is -0.130. The summed E-state index contributed by atoms with van der Waals surface area (Å²) < 4.78 is 17.1. The number of rotatable bonds is 8. The molecule has 0 atom stereocenters. The number of aryl methyl sites for hydroxylation is 1. The number of amides is 2. The maximum Gasteiger partial charge on any atom is 0.251 e. The average Bonchev–Trinajstić information content (AvgIpc) is 3.34. The van der Waals surface area contributed by atoms with Crippen molar-refractivity contribution in [2.24, 2.45) is 0 Å². The van der Waals surface area contributed by atoms with Crippen LogP contribution >= 0.6 is 11.3 Å². The van der Waals surface area contributed by atoms with E-state index in [4.69, 9.17) is 19.2 Å². The van der Waals surface area contributed by atoms with E-state index in [1.54, 1.807) is 28.4 Å².